The predicted octanol–water partition coefficient (Wildman–Crippen LogP) is 2.77. The lowest BCUT2D eigenvalue weighted by Crippen LogP contribution is -2.29. The van der Waals surface area contributed by atoms with E-state index in [9.17, 15) is 9.59 Å². The number of H-pyrrole nitrogens is 1. The largest absolute Gasteiger partial charge is 0.381 e. The summed E-state index contributed by atoms with van der Waals surface area (Å²) in [5, 5.41) is 3.63. The zero-order valence-electron chi connectivity index (χ0n) is 14.8. The molecule has 0 spiro atoms. The summed E-state index contributed by atoms with van der Waals surface area (Å²) < 4.78 is 7.36. The molecule has 7 heteroatoms. The van der Waals surface area contributed by atoms with Crippen molar-refractivity contribution in [1.82, 2.24) is 14.9 Å². The Hall–Kier alpha value is -1.99. The molecule has 1 aromatic heterocycles. The van der Waals surface area contributed by atoms with Crippen molar-refractivity contribution in [1.29, 1.82) is 0 Å². The van der Waals surface area contributed by atoms with E-state index >= 15 is 0 Å². The molecule has 1 unspecified atom stereocenters. The average Bonchev–Trinajstić information content (AvgIpc) is 3.15. The predicted molar refractivity (Wildman–Crippen MR) is 104 cm³/mol. The first-order valence-electron chi connectivity index (χ1n) is 9.21. The van der Waals surface area contributed by atoms with Gasteiger partial charge in [-0.15, -0.1) is 0 Å². The number of amides is 1. The highest BCUT2D eigenvalue weighted by Crippen LogP contribution is 2.11. The zero-order chi connectivity index (χ0) is 18.4. The first-order chi connectivity index (χ1) is 12.6. The lowest BCUT2D eigenvalue weighted by Gasteiger charge is -2.10. The second-order valence-electron chi connectivity index (χ2n) is 6.78. The van der Waals surface area contributed by atoms with Crippen molar-refractivity contribution in [3.05, 3.63) is 39.4 Å². The lowest BCUT2D eigenvalue weighted by molar-refractivity contribution is -0.121. The van der Waals surface area contributed by atoms with Crippen molar-refractivity contribution in [2.75, 3.05) is 19.8 Å². The Morgan fingerprint density at radius 3 is 2.96 bits per heavy atom. The van der Waals surface area contributed by atoms with Crippen LogP contribution in [-0.2, 0) is 16.1 Å². The highest BCUT2D eigenvalue weighted by atomic mass is 32.1. The van der Waals surface area contributed by atoms with Gasteiger partial charge in [-0.1, -0.05) is 18.6 Å². The van der Waals surface area contributed by atoms with E-state index in [2.05, 4.69) is 10.3 Å². The Balaban J connectivity index is 1.42. The van der Waals surface area contributed by atoms with Gasteiger partial charge in [0.05, 0.1) is 17.5 Å². The molecular weight excluding hydrogens is 350 g/mol. The van der Waals surface area contributed by atoms with Crippen molar-refractivity contribution < 1.29 is 9.53 Å². The van der Waals surface area contributed by atoms with E-state index < -0.39 is 0 Å². The fourth-order valence-corrected chi connectivity index (χ4v) is 3.51. The summed E-state index contributed by atoms with van der Waals surface area (Å²) in [5.41, 5.74) is 0.712. The van der Waals surface area contributed by atoms with Gasteiger partial charge in [-0.3, -0.25) is 14.2 Å². The Morgan fingerprint density at radius 1 is 1.31 bits per heavy atom. The number of rotatable bonds is 8. The van der Waals surface area contributed by atoms with Crippen molar-refractivity contribution >= 4 is 29.0 Å². The standard InChI is InChI=1S/C19H25N3O3S/c23-17(20-12-14-9-11-25-13-14)8-2-1-5-10-22-18(24)15-6-3-4-7-16(15)21-19(22)26/h3-4,6-7,14H,1-2,5,8-13H2,(H,20,23)(H,21,26). The van der Waals surface area contributed by atoms with Crippen molar-refractivity contribution in [3.63, 3.8) is 0 Å². The number of ether oxygens (including phenoxy) is 1. The van der Waals surface area contributed by atoms with Gasteiger partial charge in [0.2, 0.25) is 5.91 Å². The van der Waals surface area contributed by atoms with E-state index in [1.165, 1.54) is 0 Å². The third-order valence-electron chi connectivity index (χ3n) is 4.79. The number of hydrogen-bond acceptors (Lipinski definition) is 4. The Kier molecular flexibility index (Phi) is 6.57. The molecule has 2 aromatic rings. The number of hydrogen-bond donors (Lipinski definition) is 2. The lowest BCUT2D eigenvalue weighted by atomic mass is 10.1. The fraction of sp³-hybridized carbons (Fsp3) is 0.526. The maximum atomic E-state index is 12.5. The van der Waals surface area contributed by atoms with Gasteiger partial charge in [0.1, 0.15) is 0 Å². The van der Waals surface area contributed by atoms with Crippen LogP contribution in [0.25, 0.3) is 10.9 Å². The minimum Gasteiger partial charge on any atom is -0.381 e. The Bertz CT molecular complexity index is 868. The molecule has 1 atom stereocenters. The van der Waals surface area contributed by atoms with Gasteiger partial charge in [-0.2, -0.15) is 0 Å². The number of benzene rings is 1. The molecule has 1 aliphatic rings. The number of aromatic nitrogens is 2. The zero-order valence-corrected chi connectivity index (χ0v) is 15.6. The SMILES string of the molecule is O=C(CCCCCn1c(=S)[nH]c2ccccc2c1=O)NCC1CCOC1. The molecule has 0 saturated carbocycles. The number of carbonyl (C=O) groups is 1. The monoisotopic (exact) mass is 375 g/mol. The minimum absolute atomic E-state index is 0.0547. The van der Waals surface area contributed by atoms with Crippen LogP contribution in [0.3, 0.4) is 0 Å². The quantitative estimate of drug-likeness (QED) is 0.549. The summed E-state index contributed by atoms with van der Waals surface area (Å²) in [5.74, 6) is 0.553. The fourth-order valence-electron chi connectivity index (χ4n) is 3.23. The van der Waals surface area contributed by atoms with Gasteiger partial charge in [-0.25, -0.2) is 0 Å². The molecule has 2 heterocycles. The number of para-hydroxylation sites is 1. The second-order valence-corrected chi connectivity index (χ2v) is 7.16. The van der Waals surface area contributed by atoms with Gasteiger partial charge in [0, 0.05) is 32.0 Å². The molecule has 26 heavy (non-hydrogen) atoms. The highest BCUT2D eigenvalue weighted by molar-refractivity contribution is 7.71. The summed E-state index contributed by atoms with van der Waals surface area (Å²) in [6, 6.07) is 7.38. The molecule has 6 nitrogen and oxygen atoms in total. The van der Waals surface area contributed by atoms with E-state index in [4.69, 9.17) is 17.0 Å². The Morgan fingerprint density at radius 2 is 2.15 bits per heavy atom. The number of aromatic amines is 1. The molecule has 1 aromatic carbocycles. The normalized spacial score (nSPS) is 16.8. The number of unbranched alkanes of at least 4 members (excludes halogenated alkanes) is 2. The summed E-state index contributed by atoms with van der Waals surface area (Å²) in [6.07, 6.45) is 4.06. The summed E-state index contributed by atoms with van der Waals surface area (Å²) in [4.78, 5) is 27.5. The van der Waals surface area contributed by atoms with E-state index in [0.717, 1.165) is 44.4 Å². The molecule has 1 amide bonds. The Labute approximate surface area is 157 Å². The molecule has 3 rings (SSSR count). The van der Waals surface area contributed by atoms with E-state index in [0.29, 0.717) is 35.6 Å². The van der Waals surface area contributed by atoms with Crippen molar-refractivity contribution in [2.24, 2.45) is 5.92 Å². The van der Waals surface area contributed by atoms with E-state index in [-0.39, 0.29) is 11.5 Å². The van der Waals surface area contributed by atoms with Crippen LogP contribution in [0.2, 0.25) is 0 Å². The van der Waals surface area contributed by atoms with Crippen molar-refractivity contribution in [2.45, 2.75) is 38.6 Å². The van der Waals surface area contributed by atoms with Crippen molar-refractivity contribution in [3.8, 4) is 0 Å². The van der Waals surface area contributed by atoms with Gasteiger partial charge in [0.25, 0.3) is 5.56 Å². The van der Waals surface area contributed by atoms with Crippen LogP contribution in [-0.4, -0.2) is 35.2 Å². The molecule has 0 radical (unpaired) electrons. The maximum Gasteiger partial charge on any atom is 0.262 e. The topological polar surface area (TPSA) is 76.1 Å². The van der Waals surface area contributed by atoms with Crippen LogP contribution >= 0.6 is 12.2 Å². The van der Waals surface area contributed by atoms with Crippen LogP contribution in [0.15, 0.2) is 29.1 Å². The molecule has 1 saturated heterocycles. The molecule has 0 aliphatic carbocycles. The third-order valence-corrected chi connectivity index (χ3v) is 5.11. The van der Waals surface area contributed by atoms with Gasteiger partial charge in [0.15, 0.2) is 4.77 Å². The molecule has 140 valence electrons. The molecule has 1 fully saturated rings. The summed E-state index contributed by atoms with van der Waals surface area (Å²) in [6.45, 7) is 2.83. The first-order valence-corrected chi connectivity index (χ1v) is 9.62. The van der Waals surface area contributed by atoms with Crippen LogP contribution in [0.5, 0.6) is 0 Å². The number of nitrogens with one attached hydrogen (secondary N) is 2. The van der Waals surface area contributed by atoms with Gasteiger partial charge in [-0.05, 0) is 43.6 Å². The van der Waals surface area contributed by atoms with Gasteiger partial charge < -0.3 is 15.0 Å². The molecule has 2 N–H and O–H groups in total. The number of fused-ring (bicyclic) bond motifs is 1. The second kappa shape index (κ2) is 9.09. The average molecular weight is 375 g/mol. The van der Waals surface area contributed by atoms with Crippen LogP contribution < -0.4 is 10.9 Å². The highest BCUT2D eigenvalue weighted by Gasteiger charge is 2.16. The van der Waals surface area contributed by atoms with Crippen LogP contribution in [0.1, 0.15) is 32.1 Å². The van der Waals surface area contributed by atoms with E-state index in [1.54, 1.807) is 10.6 Å². The molecule has 0 bridgehead atoms. The minimum atomic E-state index is -0.0547. The smallest absolute Gasteiger partial charge is 0.262 e. The summed E-state index contributed by atoms with van der Waals surface area (Å²) in [7, 11) is 0. The molecular formula is C19H25N3O3S. The number of carbonyl (C=O) groups excluding carboxylic acids is 1. The maximum absolute atomic E-state index is 12.5. The van der Waals surface area contributed by atoms with Crippen LogP contribution in [0.4, 0.5) is 0 Å². The van der Waals surface area contributed by atoms with E-state index in [1.807, 2.05) is 18.2 Å². The van der Waals surface area contributed by atoms with Gasteiger partial charge >= 0.3 is 0 Å². The third kappa shape index (κ3) is 4.80. The summed E-state index contributed by atoms with van der Waals surface area (Å²) >= 11 is 5.31. The molecule has 1 aliphatic heterocycles. The first kappa shape index (κ1) is 18.8. The number of nitrogens with zero attached hydrogens (tertiary/aromatic N) is 1. The van der Waals surface area contributed by atoms with Crippen LogP contribution in [0, 0.1) is 10.7 Å².